The topological polar surface area (TPSA) is 80.6 Å². The summed E-state index contributed by atoms with van der Waals surface area (Å²) >= 11 is 0. The van der Waals surface area contributed by atoms with Gasteiger partial charge in [-0.05, 0) is 37.1 Å². The molecule has 0 aliphatic carbocycles. The third-order valence-electron chi connectivity index (χ3n) is 3.95. The molecule has 2 N–H and O–H groups in total. The average molecular weight is 346 g/mol. The first kappa shape index (κ1) is 17.2. The predicted molar refractivity (Wildman–Crippen MR) is 87.7 cm³/mol. The Bertz CT molecular complexity index is 753. The van der Waals surface area contributed by atoms with Gasteiger partial charge in [0.2, 0.25) is 5.91 Å². The molecule has 3 rings (SSSR count). The standard InChI is InChI=1S/C18H19FN2O4/c19-14-5-2-1-4-13(14)15-9-7-12(25-15)8-10-17(22)20-21-18(23)16-6-3-11-24-16/h1-2,4-5,7,9,16H,3,6,8,10-11H2,(H,20,22)(H,21,23)/t16-/m0/s1. The Morgan fingerprint density at radius 3 is 2.76 bits per heavy atom. The van der Waals surface area contributed by atoms with E-state index in [1.807, 2.05) is 0 Å². The number of furan rings is 1. The minimum absolute atomic E-state index is 0.135. The minimum atomic E-state index is -0.492. The summed E-state index contributed by atoms with van der Waals surface area (Å²) in [4.78, 5) is 23.5. The van der Waals surface area contributed by atoms with Crippen LogP contribution in [0.1, 0.15) is 25.0 Å². The Hall–Kier alpha value is -2.67. The van der Waals surface area contributed by atoms with E-state index in [4.69, 9.17) is 9.15 Å². The van der Waals surface area contributed by atoms with Crippen LogP contribution in [-0.2, 0) is 20.7 Å². The molecule has 1 aliphatic rings. The highest BCUT2D eigenvalue weighted by molar-refractivity contribution is 5.84. The van der Waals surface area contributed by atoms with E-state index < -0.39 is 6.10 Å². The molecule has 132 valence electrons. The second kappa shape index (κ2) is 7.94. The third kappa shape index (κ3) is 4.45. The number of hydrogen-bond donors (Lipinski definition) is 2. The molecule has 2 amide bonds. The summed E-state index contributed by atoms with van der Waals surface area (Å²) in [6.07, 6.45) is 1.49. The van der Waals surface area contributed by atoms with Crippen molar-refractivity contribution in [1.82, 2.24) is 10.9 Å². The molecule has 1 aromatic carbocycles. The normalized spacial score (nSPS) is 16.6. The number of carbonyl (C=O) groups excluding carboxylic acids is 2. The molecule has 7 heteroatoms. The number of nitrogens with one attached hydrogen (secondary N) is 2. The lowest BCUT2D eigenvalue weighted by molar-refractivity contribution is -0.134. The van der Waals surface area contributed by atoms with Crippen molar-refractivity contribution >= 4 is 11.8 Å². The molecule has 0 bridgehead atoms. The van der Waals surface area contributed by atoms with Crippen molar-refractivity contribution in [3.8, 4) is 11.3 Å². The van der Waals surface area contributed by atoms with E-state index in [1.165, 1.54) is 6.07 Å². The van der Waals surface area contributed by atoms with Crippen molar-refractivity contribution in [2.45, 2.75) is 31.8 Å². The smallest absolute Gasteiger partial charge is 0.267 e. The molecule has 0 spiro atoms. The molecule has 1 saturated heterocycles. The van der Waals surface area contributed by atoms with Crippen LogP contribution in [-0.4, -0.2) is 24.5 Å². The summed E-state index contributed by atoms with van der Waals surface area (Å²) < 4.78 is 24.5. The minimum Gasteiger partial charge on any atom is -0.461 e. The summed E-state index contributed by atoms with van der Waals surface area (Å²) in [7, 11) is 0. The lowest BCUT2D eigenvalue weighted by atomic mass is 10.1. The first-order valence-electron chi connectivity index (χ1n) is 8.17. The molecule has 1 aliphatic heterocycles. The van der Waals surface area contributed by atoms with Crippen LogP contribution in [0.3, 0.4) is 0 Å². The largest absolute Gasteiger partial charge is 0.461 e. The maximum Gasteiger partial charge on any atom is 0.267 e. The van der Waals surface area contributed by atoms with E-state index in [-0.39, 0.29) is 24.1 Å². The van der Waals surface area contributed by atoms with Gasteiger partial charge in [-0.3, -0.25) is 20.4 Å². The molecule has 2 aromatic rings. The first-order valence-corrected chi connectivity index (χ1v) is 8.17. The SMILES string of the molecule is O=C(CCc1ccc(-c2ccccc2F)o1)NNC(=O)[C@@H]1CCCO1. The number of hydrazine groups is 1. The summed E-state index contributed by atoms with van der Waals surface area (Å²) in [5, 5.41) is 0. The molecule has 1 fully saturated rings. The molecule has 0 unspecified atom stereocenters. The quantitative estimate of drug-likeness (QED) is 0.815. The number of benzene rings is 1. The van der Waals surface area contributed by atoms with Crippen molar-refractivity contribution in [3.63, 3.8) is 0 Å². The van der Waals surface area contributed by atoms with Gasteiger partial charge in [-0.15, -0.1) is 0 Å². The lowest BCUT2D eigenvalue weighted by Crippen LogP contribution is -2.46. The van der Waals surface area contributed by atoms with Crippen LogP contribution in [0.25, 0.3) is 11.3 Å². The molecule has 25 heavy (non-hydrogen) atoms. The Kier molecular flexibility index (Phi) is 5.45. The molecular weight excluding hydrogens is 327 g/mol. The second-order valence-electron chi connectivity index (χ2n) is 5.78. The van der Waals surface area contributed by atoms with Crippen molar-refractivity contribution < 1.29 is 23.1 Å². The van der Waals surface area contributed by atoms with E-state index in [2.05, 4.69) is 10.9 Å². The number of hydrogen-bond acceptors (Lipinski definition) is 4. The maximum absolute atomic E-state index is 13.7. The fourth-order valence-electron chi connectivity index (χ4n) is 2.61. The first-order chi connectivity index (χ1) is 12.1. The summed E-state index contributed by atoms with van der Waals surface area (Å²) in [5.74, 6) is -0.0575. The Morgan fingerprint density at radius 1 is 1.16 bits per heavy atom. The zero-order valence-electron chi connectivity index (χ0n) is 13.6. The van der Waals surface area contributed by atoms with Crippen molar-refractivity contribution in [2.24, 2.45) is 0 Å². The average Bonchev–Trinajstić information content (AvgIpc) is 3.30. The predicted octanol–water partition coefficient (Wildman–Crippen LogP) is 2.34. The maximum atomic E-state index is 13.7. The van der Waals surface area contributed by atoms with Crippen molar-refractivity contribution in [1.29, 1.82) is 0 Å². The van der Waals surface area contributed by atoms with Crippen molar-refractivity contribution in [2.75, 3.05) is 6.61 Å². The Balaban J connectivity index is 1.46. The number of aryl methyl sites for hydroxylation is 1. The van der Waals surface area contributed by atoms with Crippen LogP contribution in [0.5, 0.6) is 0 Å². The number of carbonyl (C=O) groups is 2. The van der Waals surface area contributed by atoms with Crippen LogP contribution in [0.2, 0.25) is 0 Å². The van der Waals surface area contributed by atoms with Crippen LogP contribution >= 0.6 is 0 Å². The van der Waals surface area contributed by atoms with Gasteiger partial charge >= 0.3 is 0 Å². The fourth-order valence-corrected chi connectivity index (χ4v) is 2.61. The Labute approximate surface area is 144 Å². The van der Waals surface area contributed by atoms with Crippen LogP contribution in [0, 0.1) is 5.82 Å². The van der Waals surface area contributed by atoms with Crippen LogP contribution in [0.15, 0.2) is 40.8 Å². The van der Waals surface area contributed by atoms with Gasteiger partial charge in [0, 0.05) is 19.4 Å². The summed E-state index contributed by atoms with van der Waals surface area (Å²) in [6.45, 7) is 0.564. The number of amides is 2. The van der Waals surface area contributed by atoms with Gasteiger partial charge in [-0.2, -0.15) is 0 Å². The van der Waals surface area contributed by atoms with Gasteiger partial charge in [0.05, 0.1) is 5.56 Å². The Morgan fingerprint density at radius 2 is 2.00 bits per heavy atom. The van der Waals surface area contributed by atoms with E-state index in [0.717, 1.165) is 6.42 Å². The zero-order chi connectivity index (χ0) is 17.6. The van der Waals surface area contributed by atoms with Crippen molar-refractivity contribution in [3.05, 3.63) is 48.0 Å². The van der Waals surface area contributed by atoms with Gasteiger partial charge in [0.1, 0.15) is 23.4 Å². The summed E-state index contributed by atoms with van der Waals surface area (Å²) in [6, 6.07) is 9.71. The zero-order valence-corrected chi connectivity index (χ0v) is 13.6. The molecule has 0 saturated carbocycles. The third-order valence-corrected chi connectivity index (χ3v) is 3.95. The molecule has 1 aromatic heterocycles. The number of rotatable bonds is 5. The molecular formula is C18H19FN2O4. The van der Waals surface area contributed by atoms with Crippen LogP contribution in [0.4, 0.5) is 4.39 Å². The molecule has 2 heterocycles. The van der Waals surface area contributed by atoms with E-state index in [1.54, 1.807) is 30.3 Å². The molecule has 0 radical (unpaired) electrons. The van der Waals surface area contributed by atoms with Crippen LogP contribution < -0.4 is 10.9 Å². The molecule has 6 nitrogen and oxygen atoms in total. The summed E-state index contributed by atoms with van der Waals surface area (Å²) in [5.41, 5.74) is 5.09. The second-order valence-corrected chi connectivity index (χ2v) is 5.78. The number of ether oxygens (including phenoxy) is 1. The fraction of sp³-hybridized carbons (Fsp3) is 0.333. The highest BCUT2D eigenvalue weighted by Gasteiger charge is 2.23. The highest BCUT2D eigenvalue weighted by atomic mass is 19.1. The van der Waals surface area contributed by atoms with Gasteiger partial charge in [0.25, 0.3) is 5.91 Å². The monoisotopic (exact) mass is 346 g/mol. The van der Waals surface area contributed by atoms with E-state index >= 15 is 0 Å². The van der Waals surface area contributed by atoms with Gasteiger partial charge in [0.15, 0.2) is 0 Å². The molecule has 1 atom stereocenters. The van der Waals surface area contributed by atoms with Gasteiger partial charge in [-0.1, -0.05) is 12.1 Å². The van der Waals surface area contributed by atoms with E-state index in [0.29, 0.717) is 36.5 Å². The highest BCUT2D eigenvalue weighted by Crippen LogP contribution is 2.25. The van der Waals surface area contributed by atoms with Gasteiger partial charge < -0.3 is 9.15 Å². The van der Waals surface area contributed by atoms with E-state index in [9.17, 15) is 14.0 Å². The number of halogens is 1. The lowest BCUT2D eigenvalue weighted by Gasteiger charge is -2.11. The van der Waals surface area contributed by atoms with Gasteiger partial charge in [-0.25, -0.2) is 4.39 Å².